The molecule has 14 heavy (non-hydrogen) atoms. The molecule has 3 heteroatoms. The average Bonchev–Trinajstić information content (AvgIpc) is 2.10. The number of rotatable bonds is 3. The minimum absolute atomic E-state index is 0.127. The van der Waals surface area contributed by atoms with Crippen LogP contribution in [0.5, 0.6) is 0 Å². The Morgan fingerprint density at radius 1 is 1.43 bits per heavy atom. The molecule has 0 spiro atoms. The smallest absolute Gasteiger partial charge is 0.307 e. The third-order valence-corrected chi connectivity index (χ3v) is 3.12. The van der Waals surface area contributed by atoms with E-state index in [-0.39, 0.29) is 12.1 Å². The van der Waals surface area contributed by atoms with Crippen molar-refractivity contribution in [3.05, 3.63) is 0 Å². The topological polar surface area (TPSA) is 26.3 Å². The molecule has 3 atom stereocenters. The molecule has 82 valence electrons. The SMILES string of the molecule is CC1CCC(OC(=O)CCCl)C(C)C1. The second-order valence-electron chi connectivity index (χ2n) is 4.36. The maximum absolute atomic E-state index is 11.2. The molecule has 0 aliphatic heterocycles. The van der Waals surface area contributed by atoms with E-state index >= 15 is 0 Å². The molecule has 0 aromatic carbocycles. The van der Waals surface area contributed by atoms with Crippen LogP contribution in [0.25, 0.3) is 0 Å². The van der Waals surface area contributed by atoms with Gasteiger partial charge in [-0.25, -0.2) is 0 Å². The quantitative estimate of drug-likeness (QED) is 0.538. The van der Waals surface area contributed by atoms with Crippen LogP contribution >= 0.6 is 11.6 Å². The predicted octanol–water partition coefficient (Wildman–Crippen LogP) is 2.98. The van der Waals surface area contributed by atoms with E-state index in [0.717, 1.165) is 12.3 Å². The lowest BCUT2D eigenvalue weighted by Gasteiger charge is -2.32. The third kappa shape index (κ3) is 3.49. The number of hydrogen-bond acceptors (Lipinski definition) is 2. The Morgan fingerprint density at radius 2 is 2.14 bits per heavy atom. The minimum atomic E-state index is -0.147. The van der Waals surface area contributed by atoms with Crippen LogP contribution < -0.4 is 0 Å². The van der Waals surface area contributed by atoms with Crippen LogP contribution in [0.4, 0.5) is 0 Å². The van der Waals surface area contributed by atoms with Gasteiger partial charge in [0.25, 0.3) is 0 Å². The first-order valence-corrected chi connectivity index (χ1v) is 5.92. The highest BCUT2D eigenvalue weighted by atomic mass is 35.5. The standard InChI is InChI=1S/C11H19ClO2/c1-8-3-4-10(9(2)7-8)14-11(13)5-6-12/h8-10H,3-7H2,1-2H3. The number of ether oxygens (including phenoxy) is 1. The second kappa shape index (κ2) is 5.59. The van der Waals surface area contributed by atoms with Crippen LogP contribution in [0, 0.1) is 11.8 Å². The summed E-state index contributed by atoms with van der Waals surface area (Å²) in [4.78, 5) is 11.2. The average molecular weight is 219 g/mol. The first-order valence-electron chi connectivity index (χ1n) is 5.39. The molecule has 0 N–H and O–H groups in total. The molecule has 0 amide bonds. The molecule has 1 saturated carbocycles. The van der Waals surface area contributed by atoms with Gasteiger partial charge in [0.15, 0.2) is 0 Å². The number of halogens is 1. The predicted molar refractivity (Wildman–Crippen MR) is 57.4 cm³/mol. The molecule has 0 heterocycles. The second-order valence-corrected chi connectivity index (χ2v) is 4.74. The zero-order chi connectivity index (χ0) is 10.6. The van der Waals surface area contributed by atoms with Crippen LogP contribution in [-0.4, -0.2) is 18.0 Å². The molecule has 1 aliphatic rings. The monoisotopic (exact) mass is 218 g/mol. The van der Waals surface area contributed by atoms with Gasteiger partial charge in [-0.2, -0.15) is 0 Å². The van der Waals surface area contributed by atoms with Gasteiger partial charge >= 0.3 is 5.97 Å². The number of carbonyl (C=O) groups is 1. The molecular weight excluding hydrogens is 200 g/mol. The Hall–Kier alpha value is -0.240. The minimum Gasteiger partial charge on any atom is -0.462 e. The Morgan fingerprint density at radius 3 is 2.71 bits per heavy atom. The largest absolute Gasteiger partial charge is 0.462 e. The van der Waals surface area contributed by atoms with Crippen molar-refractivity contribution >= 4 is 17.6 Å². The molecule has 0 aromatic heterocycles. The molecule has 0 saturated heterocycles. The molecule has 1 rings (SSSR count). The van der Waals surface area contributed by atoms with Crippen molar-refractivity contribution in [1.82, 2.24) is 0 Å². The maximum atomic E-state index is 11.2. The van der Waals surface area contributed by atoms with E-state index in [1.165, 1.54) is 12.8 Å². The number of esters is 1. The van der Waals surface area contributed by atoms with Crippen molar-refractivity contribution in [1.29, 1.82) is 0 Å². The number of carbonyl (C=O) groups excluding carboxylic acids is 1. The van der Waals surface area contributed by atoms with Gasteiger partial charge in [-0.05, 0) is 31.1 Å². The van der Waals surface area contributed by atoms with Gasteiger partial charge in [-0.3, -0.25) is 4.79 Å². The number of alkyl halides is 1. The first-order chi connectivity index (χ1) is 6.63. The molecule has 2 nitrogen and oxygen atoms in total. The van der Waals surface area contributed by atoms with Gasteiger partial charge in [0.05, 0.1) is 6.42 Å². The fourth-order valence-corrected chi connectivity index (χ4v) is 2.27. The highest BCUT2D eigenvalue weighted by molar-refractivity contribution is 6.18. The van der Waals surface area contributed by atoms with E-state index in [2.05, 4.69) is 13.8 Å². The Kier molecular flexibility index (Phi) is 4.73. The molecule has 0 aromatic rings. The highest BCUT2D eigenvalue weighted by Crippen LogP contribution is 2.30. The van der Waals surface area contributed by atoms with Crippen LogP contribution in [0.15, 0.2) is 0 Å². The Balaban J connectivity index is 2.33. The molecule has 3 unspecified atom stereocenters. The summed E-state index contributed by atoms with van der Waals surface area (Å²) in [6.45, 7) is 4.42. The first kappa shape index (κ1) is 11.8. The molecular formula is C11H19ClO2. The summed E-state index contributed by atoms with van der Waals surface area (Å²) in [7, 11) is 0. The van der Waals surface area contributed by atoms with Crippen LogP contribution in [0.1, 0.15) is 39.5 Å². The van der Waals surface area contributed by atoms with Crippen molar-refractivity contribution in [3.8, 4) is 0 Å². The Bertz CT molecular complexity index is 194. The summed E-state index contributed by atoms with van der Waals surface area (Å²) in [6.07, 6.45) is 3.81. The maximum Gasteiger partial charge on any atom is 0.307 e. The van der Waals surface area contributed by atoms with E-state index in [1.807, 2.05) is 0 Å². The van der Waals surface area contributed by atoms with E-state index < -0.39 is 0 Å². The molecule has 0 bridgehead atoms. The zero-order valence-electron chi connectivity index (χ0n) is 8.96. The third-order valence-electron chi connectivity index (χ3n) is 2.93. The normalized spacial score (nSPS) is 32.6. The van der Waals surface area contributed by atoms with E-state index in [9.17, 15) is 4.79 Å². The molecule has 0 radical (unpaired) electrons. The van der Waals surface area contributed by atoms with Crippen molar-refractivity contribution in [2.75, 3.05) is 5.88 Å². The van der Waals surface area contributed by atoms with Crippen molar-refractivity contribution < 1.29 is 9.53 Å². The van der Waals surface area contributed by atoms with Gasteiger partial charge in [-0.1, -0.05) is 13.8 Å². The van der Waals surface area contributed by atoms with E-state index in [0.29, 0.717) is 18.2 Å². The van der Waals surface area contributed by atoms with Gasteiger partial charge in [0, 0.05) is 5.88 Å². The van der Waals surface area contributed by atoms with Crippen molar-refractivity contribution in [3.63, 3.8) is 0 Å². The molecule has 1 aliphatic carbocycles. The van der Waals surface area contributed by atoms with E-state index in [1.54, 1.807) is 0 Å². The van der Waals surface area contributed by atoms with Gasteiger partial charge in [-0.15, -0.1) is 11.6 Å². The van der Waals surface area contributed by atoms with Crippen LogP contribution in [0.3, 0.4) is 0 Å². The fourth-order valence-electron chi connectivity index (χ4n) is 2.12. The highest BCUT2D eigenvalue weighted by Gasteiger charge is 2.27. The number of hydrogen-bond donors (Lipinski definition) is 0. The summed E-state index contributed by atoms with van der Waals surface area (Å²) < 4.78 is 5.37. The zero-order valence-corrected chi connectivity index (χ0v) is 9.72. The lowest BCUT2D eigenvalue weighted by molar-refractivity contribution is -0.153. The lowest BCUT2D eigenvalue weighted by atomic mass is 9.81. The Labute approximate surface area is 91.0 Å². The van der Waals surface area contributed by atoms with Gasteiger partial charge < -0.3 is 4.74 Å². The van der Waals surface area contributed by atoms with E-state index in [4.69, 9.17) is 16.3 Å². The van der Waals surface area contributed by atoms with Crippen LogP contribution in [-0.2, 0) is 9.53 Å². The van der Waals surface area contributed by atoms with Crippen molar-refractivity contribution in [2.45, 2.75) is 45.6 Å². The summed E-state index contributed by atoms with van der Waals surface area (Å²) in [5.41, 5.74) is 0. The van der Waals surface area contributed by atoms with Gasteiger partial charge in [0.1, 0.15) is 6.10 Å². The van der Waals surface area contributed by atoms with Crippen molar-refractivity contribution in [2.24, 2.45) is 11.8 Å². The summed E-state index contributed by atoms with van der Waals surface area (Å²) in [5, 5.41) is 0. The summed E-state index contributed by atoms with van der Waals surface area (Å²) >= 11 is 5.47. The van der Waals surface area contributed by atoms with Crippen LogP contribution in [0.2, 0.25) is 0 Å². The summed E-state index contributed by atoms with van der Waals surface area (Å²) in [6, 6.07) is 0. The molecule has 1 fully saturated rings. The fraction of sp³-hybridized carbons (Fsp3) is 0.909. The summed E-state index contributed by atoms with van der Waals surface area (Å²) in [5.74, 6) is 1.48. The lowest BCUT2D eigenvalue weighted by Crippen LogP contribution is -2.31. The van der Waals surface area contributed by atoms with Gasteiger partial charge in [0.2, 0.25) is 0 Å².